The highest BCUT2D eigenvalue weighted by Crippen LogP contribution is 2.48. The normalized spacial score (nSPS) is 21.9. The van der Waals surface area contributed by atoms with Gasteiger partial charge in [-0.1, -0.05) is 19.6 Å². The summed E-state index contributed by atoms with van der Waals surface area (Å²) in [6.45, 7) is 9.80. The minimum absolute atomic E-state index is 0.0765. The Hall–Kier alpha value is -2.34. The SMILES string of the molecule is CC(=O)N(C)C1CCC(Oc2ncnc3sc4c(c23)[C@@H](CC(O)c2ccn(COCC[Si](C)(C)C)n2)CC4)CC1. The molecule has 0 saturated heterocycles. The van der Waals surface area contributed by atoms with Crippen molar-refractivity contribution in [3.05, 3.63) is 34.7 Å². The smallest absolute Gasteiger partial charge is 0.225 e. The highest BCUT2D eigenvalue weighted by atomic mass is 32.1. The molecular weight excluding hydrogens is 543 g/mol. The number of rotatable bonds is 11. The van der Waals surface area contributed by atoms with Gasteiger partial charge in [-0.05, 0) is 68.5 Å². The summed E-state index contributed by atoms with van der Waals surface area (Å²) in [6, 6.07) is 3.29. The molecule has 1 fully saturated rings. The quantitative estimate of drug-likeness (QED) is 0.233. The van der Waals surface area contributed by atoms with Gasteiger partial charge in [0.25, 0.3) is 0 Å². The molecule has 0 spiro atoms. The fraction of sp³-hybridized carbons (Fsp3) is 0.655. The summed E-state index contributed by atoms with van der Waals surface area (Å²) in [5.41, 5.74) is 1.93. The molecule has 5 rings (SSSR count). The van der Waals surface area contributed by atoms with Crippen molar-refractivity contribution < 1.29 is 19.4 Å². The van der Waals surface area contributed by atoms with E-state index in [0.717, 1.165) is 61.4 Å². The zero-order valence-electron chi connectivity index (χ0n) is 24.4. The van der Waals surface area contributed by atoms with Crippen LogP contribution in [0.2, 0.25) is 25.7 Å². The standard InChI is InChI=1S/C29H43N5O4SSi/c1-19(35)33(2)21-7-9-22(10-8-21)38-28-27-26-20(6-11-25(26)39-29(27)31-17-30-28)16-24(36)23-12-13-34(32-23)18-37-14-15-40(3,4)5/h12-13,17,20-22,24,36H,6-11,14-16,18H2,1-5H3/t20-,21?,22?,24?/m1/s1. The second-order valence-electron chi connectivity index (χ2n) is 12.6. The molecule has 1 unspecified atom stereocenters. The molecule has 0 bridgehead atoms. The monoisotopic (exact) mass is 585 g/mol. The second kappa shape index (κ2) is 12.3. The third kappa shape index (κ3) is 6.75. The van der Waals surface area contributed by atoms with E-state index < -0.39 is 14.2 Å². The first-order valence-corrected chi connectivity index (χ1v) is 19.1. The largest absolute Gasteiger partial charge is 0.474 e. The molecule has 0 aliphatic heterocycles. The van der Waals surface area contributed by atoms with Crippen LogP contribution in [0.15, 0.2) is 18.6 Å². The van der Waals surface area contributed by atoms with Crippen molar-refractivity contribution in [1.29, 1.82) is 0 Å². The Morgan fingerprint density at radius 1 is 1.23 bits per heavy atom. The summed E-state index contributed by atoms with van der Waals surface area (Å²) < 4.78 is 14.1. The van der Waals surface area contributed by atoms with Crippen molar-refractivity contribution in [2.24, 2.45) is 0 Å². The van der Waals surface area contributed by atoms with E-state index in [0.29, 0.717) is 24.7 Å². The van der Waals surface area contributed by atoms with Crippen molar-refractivity contribution in [2.75, 3.05) is 13.7 Å². The van der Waals surface area contributed by atoms with Crippen molar-refractivity contribution in [3.8, 4) is 5.88 Å². The first-order valence-electron chi connectivity index (χ1n) is 14.5. The summed E-state index contributed by atoms with van der Waals surface area (Å²) in [6.07, 6.45) is 9.13. The van der Waals surface area contributed by atoms with Crippen LogP contribution in [-0.4, -0.2) is 69.5 Å². The zero-order chi connectivity index (χ0) is 28.4. The van der Waals surface area contributed by atoms with Gasteiger partial charge in [-0.15, -0.1) is 11.3 Å². The second-order valence-corrected chi connectivity index (χ2v) is 19.3. The van der Waals surface area contributed by atoms with E-state index in [1.54, 1.807) is 29.3 Å². The van der Waals surface area contributed by atoms with Crippen LogP contribution >= 0.6 is 11.3 Å². The maximum Gasteiger partial charge on any atom is 0.225 e. The van der Waals surface area contributed by atoms with Gasteiger partial charge in [-0.3, -0.25) is 4.79 Å². The minimum atomic E-state index is -1.12. The summed E-state index contributed by atoms with van der Waals surface area (Å²) in [7, 11) is 0.764. The highest BCUT2D eigenvalue weighted by molar-refractivity contribution is 7.19. The molecule has 218 valence electrons. The number of amides is 1. The summed E-state index contributed by atoms with van der Waals surface area (Å²) in [5, 5.41) is 16.8. The number of aromatic nitrogens is 4. The molecule has 9 nitrogen and oxygen atoms in total. The minimum Gasteiger partial charge on any atom is -0.474 e. The number of nitrogens with zero attached hydrogens (tertiary/aromatic N) is 5. The average molecular weight is 586 g/mol. The molecule has 1 saturated carbocycles. The Labute approximate surface area is 241 Å². The first kappa shape index (κ1) is 29.2. The zero-order valence-corrected chi connectivity index (χ0v) is 26.2. The molecule has 3 aromatic rings. The molecule has 11 heteroatoms. The molecule has 3 aromatic heterocycles. The van der Waals surface area contributed by atoms with Crippen molar-refractivity contribution in [2.45, 2.75) is 108 Å². The lowest BCUT2D eigenvalue weighted by Crippen LogP contribution is -2.40. The maximum absolute atomic E-state index is 11.8. The third-order valence-corrected chi connectivity index (χ3v) is 11.3. The van der Waals surface area contributed by atoms with E-state index in [9.17, 15) is 9.90 Å². The molecular formula is C29H43N5O4SSi. The maximum atomic E-state index is 11.8. The van der Waals surface area contributed by atoms with Crippen LogP contribution in [0.1, 0.15) is 73.6 Å². The van der Waals surface area contributed by atoms with Crippen molar-refractivity contribution in [1.82, 2.24) is 24.6 Å². The van der Waals surface area contributed by atoms with Crippen molar-refractivity contribution >= 4 is 35.5 Å². The van der Waals surface area contributed by atoms with Crippen molar-refractivity contribution in [3.63, 3.8) is 0 Å². The van der Waals surface area contributed by atoms with Gasteiger partial charge in [-0.2, -0.15) is 5.10 Å². The van der Waals surface area contributed by atoms with E-state index in [-0.39, 0.29) is 24.0 Å². The van der Waals surface area contributed by atoms with Gasteiger partial charge in [0.1, 0.15) is 24.0 Å². The predicted molar refractivity (Wildman–Crippen MR) is 160 cm³/mol. The van der Waals surface area contributed by atoms with E-state index in [4.69, 9.17) is 9.47 Å². The van der Waals surface area contributed by atoms with Crippen LogP contribution < -0.4 is 4.74 Å². The van der Waals surface area contributed by atoms with Crippen LogP contribution in [0.3, 0.4) is 0 Å². The van der Waals surface area contributed by atoms with Crippen LogP contribution in [0.4, 0.5) is 0 Å². The molecule has 2 atom stereocenters. The number of aryl methyl sites for hydroxylation is 1. The number of aliphatic hydroxyl groups is 1. The average Bonchev–Trinajstić information content (AvgIpc) is 3.63. The van der Waals surface area contributed by atoms with Gasteiger partial charge in [0.2, 0.25) is 11.8 Å². The first-order chi connectivity index (χ1) is 19.1. The number of carbonyl (C=O) groups excluding carboxylic acids is 1. The van der Waals surface area contributed by atoms with E-state index in [1.807, 2.05) is 24.2 Å². The third-order valence-electron chi connectivity index (χ3n) is 8.39. The van der Waals surface area contributed by atoms with Gasteiger partial charge in [0, 0.05) is 45.8 Å². The van der Waals surface area contributed by atoms with E-state index in [1.165, 1.54) is 10.4 Å². The molecule has 2 aliphatic rings. The van der Waals surface area contributed by atoms with Crippen LogP contribution in [0, 0.1) is 0 Å². The van der Waals surface area contributed by atoms with Crippen LogP contribution in [0.25, 0.3) is 10.2 Å². The van der Waals surface area contributed by atoms with Gasteiger partial charge in [0.05, 0.1) is 17.2 Å². The Bertz CT molecular complexity index is 1310. The number of thiophene rings is 1. The molecule has 3 heterocycles. The van der Waals surface area contributed by atoms with Gasteiger partial charge >= 0.3 is 0 Å². The van der Waals surface area contributed by atoms with Crippen LogP contribution in [-0.2, 0) is 22.7 Å². The molecule has 0 radical (unpaired) electrons. The Kier molecular flexibility index (Phi) is 8.94. The highest BCUT2D eigenvalue weighted by Gasteiger charge is 2.33. The molecule has 0 aromatic carbocycles. The number of hydrogen-bond acceptors (Lipinski definition) is 8. The molecule has 40 heavy (non-hydrogen) atoms. The fourth-order valence-corrected chi connectivity index (χ4v) is 7.87. The van der Waals surface area contributed by atoms with E-state index in [2.05, 4.69) is 34.7 Å². The number of ether oxygens (including phenoxy) is 2. The fourth-order valence-electron chi connectivity index (χ4n) is 5.88. The molecule has 1 N–H and O–H groups in total. The lowest BCUT2D eigenvalue weighted by molar-refractivity contribution is -0.130. The van der Waals surface area contributed by atoms with E-state index >= 15 is 0 Å². The topological polar surface area (TPSA) is 103 Å². The number of aliphatic hydroxyl groups excluding tert-OH is 1. The number of fused-ring (bicyclic) bond motifs is 3. The Morgan fingerprint density at radius 3 is 2.73 bits per heavy atom. The lowest BCUT2D eigenvalue weighted by atomic mass is 9.91. The number of hydrogen-bond donors (Lipinski definition) is 1. The molecule has 2 aliphatic carbocycles. The summed E-state index contributed by atoms with van der Waals surface area (Å²) in [4.78, 5) is 25.1. The summed E-state index contributed by atoms with van der Waals surface area (Å²) >= 11 is 1.72. The number of carbonyl (C=O) groups is 1. The predicted octanol–water partition coefficient (Wildman–Crippen LogP) is 5.52. The Balaban J connectivity index is 1.24. The van der Waals surface area contributed by atoms with Gasteiger partial charge in [0.15, 0.2) is 0 Å². The van der Waals surface area contributed by atoms with Crippen LogP contribution in [0.5, 0.6) is 5.88 Å². The van der Waals surface area contributed by atoms with Gasteiger partial charge < -0.3 is 19.5 Å². The summed E-state index contributed by atoms with van der Waals surface area (Å²) in [5.74, 6) is 0.971. The lowest BCUT2D eigenvalue weighted by Gasteiger charge is -2.34. The Morgan fingerprint density at radius 2 is 2.00 bits per heavy atom. The molecule has 1 amide bonds. The van der Waals surface area contributed by atoms with Gasteiger partial charge in [-0.25, -0.2) is 14.6 Å².